The molecule has 1 aromatic heterocycles. The van der Waals surface area contributed by atoms with Crippen molar-refractivity contribution in [2.75, 3.05) is 34.2 Å². The van der Waals surface area contributed by atoms with Gasteiger partial charge in [-0.3, -0.25) is 4.79 Å². The van der Waals surface area contributed by atoms with Crippen LogP contribution < -0.4 is 24.3 Å². The highest BCUT2D eigenvalue weighted by atomic mass is 32.2. The number of nitrogens with one attached hydrogen (secondary N) is 1. The van der Waals surface area contributed by atoms with Crippen molar-refractivity contribution in [3.63, 3.8) is 0 Å². The molecule has 0 aliphatic heterocycles. The topological polar surface area (TPSA) is 105 Å². The predicted octanol–water partition coefficient (Wildman–Crippen LogP) is 3.18. The molecule has 0 fully saturated rings. The SMILES string of the molecule is COc1ccc(CNC(=O)CSc2nnc(-c3cc(OC)c(OC)c(OC)c3)o2)cc1. The zero-order valence-corrected chi connectivity index (χ0v) is 18.4. The standard InChI is InChI=1S/C21H23N3O6S/c1-26-15-7-5-13(6-8-15)11-22-18(25)12-31-21-24-23-20(30-21)14-9-16(27-2)19(29-4)17(10-14)28-3/h5-10H,11-12H2,1-4H3,(H,22,25). The zero-order valence-electron chi connectivity index (χ0n) is 17.6. The zero-order chi connectivity index (χ0) is 22.2. The summed E-state index contributed by atoms with van der Waals surface area (Å²) in [6.07, 6.45) is 0. The van der Waals surface area contributed by atoms with Crippen LogP contribution in [-0.2, 0) is 11.3 Å². The lowest BCUT2D eigenvalue weighted by molar-refractivity contribution is -0.118. The van der Waals surface area contributed by atoms with Crippen LogP contribution in [0.3, 0.4) is 0 Å². The average Bonchev–Trinajstić information content (AvgIpc) is 3.29. The lowest BCUT2D eigenvalue weighted by Crippen LogP contribution is -2.24. The van der Waals surface area contributed by atoms with E-state index in [1.165, 1.54) is 21.3 Å². The smallest absolute Gasteiger partial charge is 0.277 e. The number of carbonyl (C=O) groups is 1. The first-order chi connectivity index (χ1) is 15.1. The van der Waals surface area contributed by atoms with Crippen LogP contribution in [0.25, 0.3) is 11.5 Å². The molecule has 0 bridgehead atoms. The van der Waals surface area contributed by atoms with E-state index in [4.69, 9.17) is 23.4 Å². The molecular formula is C21H23N3O6S. The second kappa shape index (κ2) is 10.6. The Balaban J connectivity index is 1.59. The van der Waals surface area contributed by atoms with E-state index in [-0.39, 0.29) is 22.8 Å². The largest absolute Gasteiger partial charge is 0.497 e. The monoisotopic (exact) mass is 445 g/mol. The first-order valence-electron chi connectivity index (χ1n) is 9.24. The molecule has 0 aliphatic rings. The molecule has 3 rings (SSSR count). The maximum atomic E-state index is 12.1. The summed E-state index contributed by atoms with van der Waals surface area (Å²) in [5, 5.41) is 11.2. The lowest BCUT2D eigenvalue weighted by Gasteiger charge is -2.12. The van der Waals surface area contributed by atoms with Crippen molar-refractivity contribution in [1.29, 1.82) is 0 Å². The van der Waals surface area contributed by atoms with Gasteiger partial charge >= 0.3 is 0 Å². The van der Waals surface area contributed by atoms with Gasteiger partial charge in [0.1, 0.15) is 5.75 Å². The van der Waals surface area contributed by atoms with Crippen molar-refractivity contribution >= 4 is 17.7 Å². The number of methoxy groups -OCH3 is 4. The third kappa shape index (κ3) is 5.60. The van der Waals surface area contributed by atoms with Crippen LogP contribution in [0.1, 0.15) is 5.56 Å². The highest BCUT2D eigenvalue weighted by molar-refractivity contribution is 7.99. The number of hydrogen-bond acceptors (Lipinski definition) is 9. The summed E-state index contributed by atoms with van der Waals surface area (Å²) in [5.74, 6) is 2.46. The Hall–Kier alpha value is -3.40. The molecule has 0 radical (unpaired) electrons. The van der Waals surface area contributed by atoms with Crippen molar-refractivity contribution in [2.45, 2.75) is 11.8 Å². The molecule has 2 aromatic carbocycles. The molecule has 0 aliphatic carbocycles. The van der Waals surface area contributed by atoms with Crippen LogP contribution in [0.4, 0.5) is 0 Å². The van der Waals surface area contributed by atoms with Crippen molar-refractivity contribution in [2.24, 2.45) is 0 Å². The van der Waals surface area contributed by atoms with E-state index in [1.807, 2.05) is 24.3 Å². The second-order valence-corrected chi connectivity index (χ2v) is 7.13. The maximum absolute atomic E-state index is 12.1. The molecule has 10 heteroatoms. The Bertz CT molecular complexity index is 997. The van der Waals surface area contributed by atoms with E-state index in [0.717, 1.165) is 23.1 Å². The van der Waals surface area contributed by atoms with Gasteiger partial charge in [0.2, 0.25) is 17.5 Å². The van der Waals surface area contributed by atoms with E-state index in [2.05, 4.69) is 15.5 Å². The van der Waals surface area contributed by atoms with Crippen LogP contribution in [0.5, 0.6) is 23.0 Å². The molecule has 0 unspecified atom stereocenters. The highest BCUT2D eigenvalue weighted by Crippen LogP contribution is 2.41. The Morgan fingerprint density at radius 2 is 1.65 bits per heavy atom. The summed E-state index contributed by atoms with van der Waals surface area (Å²) in [4.78, 5) is 12.1. The number of amides is 1. The molecule has 1 N–H and O–H groups in total. The molecule has 3 aromatic rings. The number of nitrogens with zero attached hydrogens (tertiary/aromatic N) is 2. The maximum Gasteiger partial charge on any atom is 0.277 e. The minimum absolute atomic E-state index is 0.145. The highest BCUT2D eigenvalue weighted by Gasteiger charge is 2.18. The molecule has 1 amide bonds. The van der Waals surface area contributed by atoms with Gasteiger partial charge in [0.25, 0.3) is 5.22 Å². The van der Waals surface area contributed by atoms with Crippen LogP contribution in [0.2, 0.25) is 0 Å². The molecule has 0 spiro atoms. The molecule has 9 nitrogen and oxygen atoms in total. The van der Waals surface area contributed by atoms with E-state index in [9.17, 15) is 4.79 Å². The number of carbonyl (C=O) groups excluding carboxylic acids is 1. The quantitative estimate of drug-likeness (QED) is 0.471. The molecule has 164 valence electrons. The number of aromatic nitrogens is 2. The Morgan fingerprint density at radius 3 is 2.23 bits per heavy atom. The number of benzene rings is 2. The van der Waals surface area contributed by atoms with Gasteiger partial charge in [0.05, 0.1) is 34.2 Å². The lowest BCUT2D eigenvalue weighted by atomic mass is 10.2. The van der Waals surface area contributed by atoms with Crippen LogP contribution in [0, 0.1) is 0 Å². The van der Waals surface area contributed by atoms with Crippen LogP contribution in [0.15, 0.2) is 46.0 Å². The van der Waals surface area contributed by atoms with Crippen molar-refractivity contribution in [3.05, 3.63) is 42.0 Å². The van der Waals surface area contributed by atoms with Gasteiger partial charge in [-0.1, -0.05) is 23.9 Å². The minimum Gasteiger partial charge on any atom is -0.497 e. The van der Waals surface area contributed by atoms with Gasteiger partial charge < -0.3 is 28.7 Å². The van der Waals surface area contributed by atoms with Gasteiger partial charge in [0.15, 0.2) is 11.5 Å². The van der Waals surface area contributed by atoms with Crippen LogP contribution >= 0.6 is 11.8 Å². The van der Waals surface area contributed by atoms with Gasteiger partial charge in [-0.05, 0) is 29.8 Å². The average molecular weight is 445 g/mol. The van der Waals surface area contributed by atoms with Crippen molar-refractivity contribution < 1.29 is 28.2 Å². The summed E-state index contributed by atoms with van der Waals surface area (Å²) in [5.41, 5.74) is 1.58. The van der Waals surface area contributed by atoms with Crippen molar-refractivity contribution in [3.8, 4) is 34.5 Å². The molecular weight excluding hydrogens is 422 g/mol. The Kier molecular flexibility index (Phi) is 7.60. The normalized spacial score (nSPS) is 10.5. The fraction of sp³-hybridized carbons (Fsp3) is 0.286. The number of hydrogen-bond donors (Lipinski definition) is 1. The van der Waals surface area contributed by atoms with Gasteiger partial charge in [-0.25, -0.2) is 0 Å². The molecule has 0 atom stereocenters. The molecule has 0 saturated carbocycles. The fourth-order valence-corrected chi connectivity index (χ4v) is 3.30. The van der Waals surface area contributed by atoms with Crippen molar-refractivity contribution in [1.82, 2.24) is 15.5 Å². The number of thioether (sulfide) groups is 1. The first kappa shape index (κ1) is 22.3. The fourth-order valence-electron chi connectivity index (χ4n) is 2.71. The first-order valence-corrected chi connectivity index (χ1v) is 10.2. The van der Waals surface area contributed by atoms with E-state index < -0.39 is 0 Å². The molecule has 31 heavy (non-hydrogen) atoms. The molecule has 1 heterocycles. The minimum atomic E-state index is -0.145. The predicted molar refractivity (Wildman–Crippen MR) is 115 cm³/mol. The van der Waals surface area contributed by atoms with Gasteiger partial charge in [-0.15, -0.1) is 10.2 Å². The van der Waals surface area contributed by atoms with E-state index in [0.29, 0.717) is 29.4 Å². The summed E-state index contributed by atoms with van der Waals surface area (Å²) >= 11 is 1.15. The van der Waals surface area contributed by atoms with E-state index >= 15 is 0 Å². The van der Waals surface area contributed by atoms with Gasteiger partial charge in [0, 0.05) is 12.1 Å². The summed E-state index contributed by atoms with van der Waals surface area (Å²) in [6.45, 7) is 0.421. The Labute approximate surface area is 184 Å². The number of ether oxygens (including phenoxy) is 4. The van der Waals surface area contributed by atoms with Crippen LogP contribution in [-0.4, -0.2) is 50.3 Å². The van der Waals surface area contributed by atoms with Gasteiger partial charge in [-0.2, -0.15) is 0 Å². The third-order valence-electron chi connectivity index (χ3n) is 4.29. The third-order valence-corrected chi connectivity index (χ3v) is 5.11. The van der Waals surface area contributed by atoms with E-state index in [1.54, 1.807) is 19.2 Å². The molecule has 0 saturated heterocycles. The summed E-state index contributed by atoms with van der Waals surface area (Å²) in [7, 11) is 6.20. The summed E-state index contributed by atoms with van der Waals surface area (Å²) < 4.78 is 26.8. The number of rotatable bonds is 10. The Morgan fingerprint density at radius 1 is 0.968 bits per heavy atom. The second-order valence-electron chi connectivity index (χ2n) is 6.20. The summed E-state index contributed by atoms with van der Waals surface area (Å²) in [6, 6.07) is 10.9.